The third-order valence-electron chi connectivity index (χ3n) is 4.35. The van der Waals surface area contributed by atoms with E-state index in [2.05, 4.69) is 10.3 Å². The van der Waals surface area contributed by atoms with Crippen molar-refractivity contribution in [1.29, 1.82) is 0 Å². The number of ether oxygens (including phenoxy) is 1. The molecule has 1 fully saturated rings. The van der Waals surface area contributed by atoms with E-state index in [0.29, 0.717) is 43.1 Å². The number of aromatic nitrogens is 1. The summed E-state index contributed by atoms with van der Waals surface area (Å²) in [6, 6.07) is 7.75. The lowest BCUT2D eigenvalue weighted by Crippen LogP contribution is -2.41. The van der Waals surface area contributed by atoms with Crippen molar-refractivity contribution >= 4 is 23.5 Å². The first-order valence-electron chi connectivity index (χ1n) is 8.44. The van der Waals surface area contributed by atoms with E-state index in [0.717, 1.165) is 0 Å². The number of aromatic carboxylic acids is 1. The number of hydrogen-bond donors (Lipinski definition) is 2. The molecule has 2 heterocycles. The van der Waals surface area contributed by atoms with Crippen molar-refractivity contribution in [2.45, 2.75) is 6.92 Å². The maximum Gasteiger partial charge on any atom is 0.354 e. The number of nitrogens with zero attached hydrogens (tertiary/aromatic N) is 2. The van der Waals surface area contributed by atoms with Crippen LogP contribution < -0.4 is 5.32 Å². The molecule has 2 aromatic rings. The van der Waals surface area contributed by atoms with Crippen molar-refractivity contribution in [2.75, 3.05) is 31.6 Å². The molecule has 3 rings (SSSR count). The van der Waals surface area contributed by atoms with Crippen LogP contribution in [0.4, 0.5) is 5.69 Å². The smallest absolute Gasteiger partial charge is 0.354 e. The van der Waals surface area contributed by atoms with Crippen LogP contribution in [-0.2, 0) is 4.74 Å². The van der Waals surface area contributed by atoms with Crippen molar-refractivity contribution < 1.29 is 24.2 Å². The van der Waals surface area contributed by atoms with Crippen molar-refractivity contribution in [3.05, 3.63) is 58.9 Å². The predicted octanol–water partition coefficient (Wildman–Crippen LogP) is 1.81. The maximum atomic E-state index is 12.7. The third kappa shape index (κ3) is 4.12. The molecule has 0 bridgehead atoms. The summed E-state index contributed by atoms with van der Waals surface area (Å²) in [6.07, 6.45) is 1.27. The number of amides is 2. The van der Waals surface area contributed by atoms with Gasteiger partial charge in [-0.3, -0.25) is 9.59 Å². The molecule has 0 radical (unpaired) electrons. The Morgan fingerprint density at radius 1 is 1.19 bits per heavy atom. The lowest BCUT2D eigenvalue weighted by molar-refractivity contribution is 0.0302. The fourth-order valence-corrected chi connectivity index (χ4v) is 2.82. The van der Waals surface area contributed by atoms with Gasteiger partial charge >= 0.3 is 5.97 Å². The fourth-order valence-electron chi connectivity index (χ4n) is 2.82. The molecular formula is C19H19N3O5. The Morgan fingerprint density at radius 3 is 2.63 bits per heavy atom. The molecule has 0 spiro atoms. The molecule has 0 unspecified atom stereocenters. The molecule has 0 atom stereocenters. The number of rotatable bonds is 4. The molecule has 2 N–H and O–H groups in total. The lowest BCUT2D eigenvalue weighted by Gasteiger charge is -2.27. The molecule has 8 heteroatoms. The molecule has 1 aliphatic heterocycles. The van der Waals surface area contributed by atoms with Gasteiger partial charge in [0.2, 0.25) is 0 Å². The number of carbonyl (C=O) groups is 3. The average molecular weight is 369 g/mol. The molecule has 8 nitrogen and oxygen atoms in total. The van der Waals surface area contributed by atoms with Gasteiger partial charge in [0.1, 0.15) is 5.69 Å². The van der Waals surface area contributed by atoms with E-state index < -0.39 is 11.9 Å². The van der Waals surface area contributed by atoms with Crippen LogP contribution >= 0.6 is 0 Å². The number of hydrogen-bond acceptors (Lipinski definition) is 5. The summed E-state index contributed by atoms with van der Waals surface area (Å²) in [6.45, 7) is 3.84. The highest BCUT2D eigenvalue weighted by Gasteiger charge is 2.21. The minimum Gasteiger partial charge on any atom is -0.477 e. The van der Waals surface area contributed by atoms with Crippen LogP contribution in [0.5, 0.6) is 0 Å². The van der Waals surface area contributed by atoms with Crippen LogP contribution in [0.1, 0.15) is 36.8 Å². The van der Waals surface area contributed by atoms with Crippen molar-refractivity contribution in [3.63, 3.8) is 0 Å². The molecule has 2 amide bonds. The van der Waals surface area contributed by atoms with Gasteiger partial charge in [0.25, 0.3) is 11.8 Å². The highest BCUT2D eigenvalue weighted by atomic mass is 16.5. The topological polar surface area (TPSA) is 109 Å². The molecule has 0 saturated carbocycles. The van der Waals surface area contributed by atoms with Crippen LogP contribution in [0.15, 0.2) is 36.5 Å². The standard InChI is InChI=1S/C19H19N3O5/c1-12-14(18(24)22-7-9-27-10-8-22)3-2-4-15(12)21-17(23)13-5-6-20-16(11-13)19(25)26/h2-6,11H,7-10H2,1H3,(H,21,23)(H,25,26). The summed E-state index contributed by atoms with van der Waals surface area (Å²) in [4.78, 5) is 41.6. The molecule has 1 aromatic carbocycles. The quantitative estimate of drug-likeness (QED) is 0.851. The Balaban J connectivity index is 1.81. The molecular weight excluding hydrogens is 350 g/mol. The Labute approximate surface area is 155 Å². The number of carboxylic acid groups (broad SMARTS) is 1. The third-order valence-corrected chi connectivity index (χ3v) is 4.35. The van der Waals surface area contributed by atoms with Gasteiger partial charge in [-0.15, -0.1) is 0 Å². The maximum absolute atomic E-state index is 12.7. The fraction of sp³-hybridized carbons (Fsp3) is 0.263. The van der Waals surface area contributed by atoms with E-state index in [1.807, 2.05) is 0 Å². The van der Waals surface area contributed by atoms with Crippen LogP contribution in [0.2, 0.25) is 0 Å². The second-order valence-electron chi connectivity index (χ2n) is 6.07. The molecule has 140 valence electrons. The van der Waals surface area contributed by atoms with E-state index in [-0.39, 0.29) is 17.2 Å². The summed E-state index contributed by atoms with van der Waals surface area (Å²) < 4.78 is 5.27. The first-order valence-corrected chi connectivity index (χ1v) is 8.44. The molecule has 1 saturated heterocycles. The zero-order chi connectivity index (χ0) is 19.4. The van der Waals surface area contributed by atoms with E-state index in [1.165, 1.54) is 18.3 Å². The number of carbonyl (C=O) groups excluding carboxylic acids is 2. The van der Waals surface area contributed by atoms with E-state index in [9.17, 15) is 14.4 Å². The highest BCUT2D eigenvalue weighted by Crippen LogP contribution is 2.22. The van der Waals surface area contributed by atoms with Crippen molar-refractivity contribution in [3.8, 4) is 0 Å². The molecule has 1 aromatic heterocycles. The number of nitrogens with one attached hydrogen (secondary N) is 1. The van der Waals surface area contributed by atoms with Gasteiger partial charge in [0.05, 0.1) is 13.2 Å². The first-order chi connectivity index (χ1) is 13.0. The minimum atomic E-state index is -1.21. The second-order valence-corrected chi connectivity index (χ2v) is 6.07. The predicted molar refractivity (Wildman–Crippen MR) is 97.1 cm³/mol. The van der Waals surface area contributed by atoms with E-state index >= 15 is 0 Å². The van der Waals surface area contributed by atoms with Gasteiger partial charge in [0, 0.05) is 36.1 Å². The van der Waals surface area contributed by atoms with Crippen LogP contribution in [-0.4, -0.2) is 59.1 Å². The van der Waals surface area contributed by atoms with Crippen LogP contribution in [0, 0.1) is 6.92 Å². The first kappa shape index (κ1) is 18.5. The zero-order valence-electron chi connectivity index (χ0n) is 14.8. The van der Waals surface area contributed by atoms with Gasteiger partial charge in [-0.25, -0.2) is 9.78 Å². The second kappa shape index (κ2) is 7.96. The summed E-state index contributed by atoms with van der Waals surface area (Å²) in [5.74, 6) is -1.79. The minimum absolute atomic E-state index is 0.107. The van der Waals surface area contributed by atoms with Gasteiger partial charge in [0.15, 0.2) is 0 Å². The summed E-state index contributed by atoms with van der Waals surface area (Å²) in [7, 11) is 0. The summed E-state index contributed by atoms with van der Waals surface area (Å²) in [5.41, 5.74) is 1.61. The Morgan fingerprint density at radius 2 is 1.93 bits per heavy atom. The number of benzene rings is 1. The lowest BCUT2D eigenvalue weighted by atomic mass is 10.0. The highest BCUT2D eigenvalue weighted by molar-refractivity contribution is 6.06. The van der Waals surface area contributed by atoms with Gasteiger partial charge < -0.3 is 20.1 Å². The molecule has 0 aliphatic carbocycles. The average Bonchev–Trinajstić information content (AvgIpc) is 2.69. The number of pyridine rings is 1. The van der Waals surface area contributed by atoms with Gasteiger partial charge in [-0.05, 0) is 36.8 Å². The Bertz CT molecular complexity index is 891. The summed E-state index contributed by atoms with van der Waals surface area (Å²) >= 11 is 0. The normalized spacial score (nSPS) is 13.9. The van der Waals surface area contributed by atoms with Gasteiger partial charge in [-0.2, -0.15) is 0 Å². The SMILES string of the molecule is Cc1c(NC(=O)c2ccnc(C(=O)O)c2)cccc1C(=O)N1CCOCC1. The molecule has 1 aliphatic rings. The van der Waals surface area contributed by atoms with Crippen molar-refractivity contribution in [2.24, 2.45) is 0 Å². The monoisotopic (exact) mass is 369 g/mol. The van der Waals surface area contributed by atoms with Crippen molar-refractivity contribution in [1.82, 2.24) is 9.88 Å². The Hall–Kier alpha value is -3.26. The zero-order valence-corrected chi connectivity index (χ0v) is 14.8. The molecule has 27 heavy (non-hydrogen) atoms. The summed E-state index contributed by atoms with van der Waals surface area (Å²) in [5, 5.41) is 11.7. The Kier molecular flexibility index (Phi) is 5.46. The van der Waals surface area contributed by atoms with Gasteiger partial charge in [-0.1, -0.05) is 6.07 Å². The van der Waals surface area contributed by atoms with E-state index in [1.54, 1.807) is 30.0 Å². The number of anilines is 1. The van der Waals surface area contributed by atoms with Crippen LogP contribution in [0.3, 0.4) is 0 Å². The largest absolute Gasteiger partial charge is 0.477 e. The van der Waals surface area contributed by atoms with Crippen LogP contribution in [0.25, 0.3) is 0 Å². The number of morpholine rings is 1. The number of carboxylic acids is 1. The van der Waals surface area contributed by atoms with E-state index in [4.69, 9.17) is 9.84 Å².